The van der Waals surface area contributed by atoms with Gasteiger partial charge in [0.15, 0.2) is 0 Å². The van der Waals surface area contributed by atoms with Crippen LogP contribution >= 0.6 is 0 Å². The van der Waals surface area contributed by atoms with Crippen molar-refractivity contribution in [2.45, 2.75) is 6.92 Å². The van der Waals surface area contributed by atoms with Gasteiger partial charge in [0.25, 0.3) is 5.91 Å². The quantitative estimate of drug-likeness (QED) is 0.625. The van der Waals surface area contributed by atoms with E-state index in [1.165, 1.54) is 20.2 Å². The molecule has 6 nitrogen and oxygen atoms in total. The van der Waals surface area contributed by atoms with Crippen LogP contribution in [0.25, 0.3) is 0 Å². The van der Waals surface area contributed by atoms with E-state index in [0.29, 0.717) is 11.4 Å². The Kier molecular flexibility index (Phi) is 5.11. The zero-order chi connectivity index (χ0) is 14.3. The molecule has 0 radical (unpaired) electrons. The molecule has 0 atom stereocenters. The minimum absolute atomic E-state index is 0.196. The predicted molar refractivity (Wildman–Crippen MR) is 69.1 cm³/mol. The maximum absolute atomic E-state index is 11.4. The third-order valence-electron chi connectivity index (χ3n) is 2.11. The van der Waals surface area contributed by atoms with Crippen molar-refractivity contribution in [3.05, 3.63) is 36.0 Å². The lowest BCUT2D eigenvalue weighted by Gasteiger charge is -2.04. The molecule has 1 aromatic carbocycles. The monoisotopic (exact) mass is 259 g/mol. The summed E-state index contributed by atoms with van der Waals surface area (Å²) in [4.78, 5) is 22.2. The Morgan fingerprint density at radius 2 is 2.16 bits per heavy atom. The summed E-state index contributed by atoms with van der Waals surface area (Å²) in [5.74, 6) is -0.622. The van der Waals surface area contributed by atoms with E-state index in [2.05, 4.69) is 5.32 Å². The van der Waals surface area contributed by atoms with E-state index in [0.717, 1.165) is 0 Å². The maximum Gasteiger partial charge on any atom is 0.269 e. The number of hydrogen-bond acceptors (Lipinski definition) is 5. The molecular weight excluding hydrogens is 246 g/mol. The van der Waals surface area contributed by atoms with Crippen LogP contribution in [0.4, 0.5) is 5.69 Å². The summed E-state index contributed by atoms with van der Waals surface area (Å²) >= 11 is 0. The number of carbonyl (C=O) groups excluding carboxylic acids is 2. The summed E-state index contributed by atoms with van der Waals surface area (Å²) in [6.45, 7) is 1.20. The van der Waals surface area contributed by atoms with Gasteiger partial charge in [-0.1, -0.05) is 6.07 Å². The van der Waals surface area contributed by atoms with Crippen molar-refractivity contribution < 1.29 is 14.3 Å². The summed E-state index contributed by atoms with van der Waals surface area (Å²) in [6.07, 6.45) is 1.23. The van der Waals surface area contributed by atoms with Crippen LogP contribution in [0.5, 0.6) is 5.75 Å². The lowest BCUT2D eigenvalue weighted by molar-refractivity contribution is -0.126. The zero-order valence-corrected chi connectivity index (χ0v) is 10.6. The van der Waals surface area contributed by atoms with Crippen molar-refractivity contribution in [2.75, 3.05) is 12.4 Å². The Hall–Kier alpha value is -2.81. The smallest absolute Gasteiger partial charge is 0.269 e. The third-order valence-corrected chi connectivity index (χ3v) is 2.11. The predicted octanol–water partition coefficient (Wildman–Crippen LogP) is 1.18. The molecule has 0 fully saturated rings. The lowest BCUT2D eigenvalue weighted by atomic mass is 10.2. The highest BCUT2D eigenvalue weighted by atomic mass is 16.5. The summed E-state index contributed by atoms with van der Waals surface area (Å²) in [6, 6.07) is 8.69. The summed E-state index contributed by atoms with van der Waals surface area (Å²) in [7, 11) is 1.54. The Labute approximate surface area is 110 Å². The fourth-order valence-electron chi connectivity index (χ4n) is 1.24. The highest BCUT2D eigenvalue weighted by Crippen LogP contribution is 2.16. The van der Waals surface area contributed by atoms with Crippen LogP contribution < -0.4 is 15.4 Å². The van der Waals surface area contributed by atoms with Gasteiger partial charge in [-0.15, -0.1) is 0 Å². The van der Waals surface area contributed by atoms with E-state index in [1.54, 1.807) is 30.3 Å². The van der Waals surface area contributed by atoms with Crippen LogP contribution in [-0.2, 0) is 9.59 Å². The van der Waals surface area contributed by atoms with Crippen LogP contribution in [0.1, 0.15) is 6.92 Å². The normalized spacial score (nSPS) is 10.3. The molecule has 1 aromatic rings. The SMILES string of the molecule is COc1cccc(N/C=C(\C#N)C(=O)NC(C)=O)c1. The first kappa shape index (κ1) is 14.3. The number of nitrogens with zero attached hydrogens (tertiary/aromatic N) is 1. The number of amides is 2. The molecule has 0 spiro atoms. The third kappa shape index (κ3) is 4.52. The summed E-state index contributed by atoms with van der Waals surface area (Å²) in [5, 5.41) is 13.6. The minimum atomic E-state index is -0.745. The highest BCUT2D eigenvalue weighted by Gasteiger charge is 2.09. The Bertz CT molecular complexity index is 558. The van der Waals surface area contributed by atoms with E-state index in [4.69, 9.17) is 10.00 Å². The van der Waals surface area contributed by atoms with Gasteiger partial charge < -0.3 is 10.1 Å². The summed E-state index contributed by atoms with van der Waals surface area (Å²) in [5.41, 5.74) is 0.459. The van der Waals surface area contributed by atoms with E-state index in [1.807, 2.05) is 5.32 Å². The van der Waals surface area contributed by atoms with Gasteiger partial charge in [-0.2, -0.15) is 5.26 Å². The Balaban J connectivity index is 2.80. The first-order valence-electron chi connectivity index (χ1n) is 5.39. The lowest BCUT2D eigenvalue weighted by Crippen LogP contribution is -2.29. The van der Waals surface area contributed by atoms with Crippen LogP contribution in [0.2, 0.25) is 0 Å². The minimum Gasteiger partial charge on any atom is -0.497 e. The fourth-order valence-corrected chi connectivity index (χ4v) is 1.24. The van der Waals surface area contributed by atoms with Crippen molar-refractivity contribution in [3.63, 3.8) is 0 Å². The number of benzene rings is 1. The van der Waals surface area contributed by atoms with E-state index in [-0.39, 0.29) is 5.57 Å². The van der Waals surface area contributed by atoms with Gasteiger partial charge in [0, 0.05) is 24.9 Å². The van der Waals surface area contributed by atoms with Gasteiger partial charge in [0.2, 0.25) is 5.91 Å². The average molecular weight is 259 g/mol. The number of imide groups is 1. The standard InChI is InChI=1S/C13H13N3O3/c1-9(17)16-13(18)10(7-14)8-15-11-4-3-5-12(6-11)19-2/h3-6,8,15H,1-2H3,(H,16,17,18)/b10-8+. The molecule has 0 unspecified atom stereocenters. The molecule has 6 heteroatoms. The fraction of sp³-hybridized carbons (Fsp3) is 0.154. The van der Waals surface area contributed by atoms with Crippen LogP contribution in [0, 0.1) is 11.3 Å². The van der Waals surface area contributed by atoms with Gasteiger partial charge in [0.05, 0.1) is 7.11 Å². The molecule has 0 saturated heterocycles. The molecule has 2 amide bonds. The van der Waals surface area contributed by atoms with E-state index in [9.17, 15) is 9.59 Å². The summed E-state index contributed by atoms with van der Waals surface area (Å²) < 4.78 is 5.04. The number of methoxy groups -OCH3 is 1. The van der Waals surface area contributed by atoms with Gasteiger partial charge in [-0.3, -0.25) is 14.9 Å². The van der Waals surface area contributed by atoms with Crippen molar-refractivity contribution in [1.29, 1.82) is 5.26 Å². The number of rotatable bonds is 4. The number of anilines is 1. The molecule has 0 bridgehead atoms. The molecule has 0 saturated carbocycles. The van der Waals surface area contributed by atoms with Crippen LogP contribution in [0.3, 0.4) is 0 Å². The van der Waals surface area contributed by atoms with Crippen LogP contribution in [-0.4, -0.2) is 18.9 Å². The largest absolute Gasteiger partial charge is 0.497 e. The van der Waals surface area contributed by atoms with Crippen molar-refractivity contribution in [3.8, 4) is 11.8 Å². The number of nitrogens with one attached hydrogen (secondary N) is 2. The molecule has 0 aliphatic heterocycles. The Morgan fingerprint density at radius 3 is 2.74 bits per heavy atom. The number of hydrogen-bond donors (Lipinski definition) is 2. The number of carbonyl (C=O) groups is 2. The second-order valence-electron chi connectivity index (χ2n) is 3.56. The maximum atomic E-state index is 11.4. The van der Waals surface area contributed by atoms with Gasteiger partial charge >= 0.3 is 0 Å². The molecular formula is C13H13N3O3. The topological polar surface area (TPSA) is 91.2 Å². The molecule has 0 aromatic heterocycles. The second-order valence-corrected chi connectivity index (χ2v) is 3.56. The molecule has 0 heterocycles. The van der Waals surface area contributed by atoms with Crippen molar-refractivity contribution in [2.24, 2.45) is 0 Å². The highest BCUT2D eigenvalue weighted by molar-refractivity contribution is 6.06. The average Bonchev–Trinajstić information content (AvgIpc) is 2.39. The number of nitriles is 1. The van der Waals surface area contributed by atoms with Gasteiger partial charge in [-0.25, -0.2) is 0 Å². The number of ether oxygens (including phenoxy) is 1. The molecule has 19 heavy (non-hydrogen) atoms. The second kappa shape index (κ2) is 6.81. The van der Waals surface area contributed by atoms with Crippen molar-refractivity contribution in [1.82, 2.24) is 5.32 Å². The molecule has 0 aliphatic rings. The molecule has 98 valence electrons. The van der Waals surface area contributed by atoms with Gasteiger partial charge in [-0.05, 0) is 12.1 Å². The molecule has 1 rings (SSSR count). The van der Waals surface area contributed by atoms with E-state index < -0.39 is 11.8 Å². The zero-order valence-electron chi connectivity index (χ0n) is 10.6. The first-order chi connectivity index (χ1) is 9.06. The first-order valence-corrected chi connectivity index (χ1v) is 5.39. The Morgan fingerprint density at radius 1 is 1.42 bits per heavy atom. The molecule has 2 N–H and O–H groups in total. The van der Waals surface area contributed by atoms with E-state index >= 15 is 0 Å². The van der Waals surface area contributed by atoms with Crippen LogP contribution in [0.15, 0.2) is 36.0 Å². The van der Waals surface area contributed by atoms with Crippen molar-refractivity contribution >= 4 is 17.5 Å². The molecule has 0 aliphatic carbocycles. The van der Waals surface area contributed by atoms with Gasteiger partial charge in [0.1, 0.15) is 17.4 Å².